The Kier molecular flexibility index (Phi) is 5.24. The second-order valence-electron chi connectivity index (χ2n) is 7.28. The Balaban J connectivity index is 1.39. The van der Waals surface area contributed by atoms with Gasteiger partial charge in [-0.25, -0.2) is 9.37 Å². The van der Waals surface area contributed by atoms with Gasteiger partial charge in [-0.3, -0.25) is 4.79 Å². The van der Waals surface area contributed by atoms with Gasteiger partial charge in [0, 0.05) is 43.9 Å². The number of halogens is 1. The second kappa shape index (κ2) is 7.98. The van der Waals surface area contributed by atoms with E-state index in [0.29, 0.717) is 37.9 Å². The molecule has 0 bridgehead atoms. The van der Waals surface area contributed by atoms with E-state index in [-0.39, 0.29) is 17.4 Å². The Bertz CT molecular complexity index is 994. The van der Waals surface area contributed by atoms with E-state index < -0.39 is 5.82 Å². The van der Waals surface area contributed by atoms with Gasteiger partial charge in [-0.1, -0.05) is 31.1 Å². The van der Waals surface area contributed by atoms with Crippen LogP contribution in [-0.4, -0.2) is 52.1 Å². The quantitative estimate of drug-likeness (QED) is 0.674. The van der Waals surface area contributed by atoms with Crippen LogP contribution in [-0.2, 0) is 0 Å². The molecular formula is C21H22FN5O2. The molecule has 1 saturated heterocycles. The Hall–Kier alpha value is -3.29. The van der Waals surface area contributed by atoms with Crippen molar-refractivity contribution in [3.05, 3.63) is 59.9 Å². The summed E-state index contributed by atoms with van der Waals surface area (Å²) in [4.78, 5) is 25.2. The molecule has 0 atom stereocenters. The maximum absolute atomic E-state index is 13.9. The highest BCUT2D eigenvalue weighted by Gasteiger charge is 2.24. The lowest BCUT2D eigenvalue weighted by Crippen LogP contribution is -2.49. The van der Waals surface area contributed by atoms with Crippen LogP contribution in [0.3, 0.4) is 0 Å². The first-order valence-electron chi connectivity index (χ1n) is 9.61. The van der Waals surface area contributed by atoms with Crippen LogP contribution in [0.25, 0.3) is 11.4 Å². The average Bonchev–Trinajstić information content (AvgIpc) is 3.25. The number of hydrogen-bond donors (Lipinski definition) is 0. The molecule has 0 saturated carbocycles. The minimum Gasteiger partial charge on any atom is -0.353 e. The molecule has 8 heteroatoms. The number of pyridine rings is 1. The molecule has 2 aromatic heterocycles. The molecule has 4 rings (SSSR count). The van der Waals surface area contributed by atoms with Crippen molar-refractivity contribution in [2.24, 2.45) is 0 Å². The third kappa shape index (κ3) is 3.96. The molecule has 3 heterocycles. The van der Waals surface area contributed by atoms with E-state index in [2.05, 4.69) is 20.0 Å². The van der Waals surface area contributed by atoms with Crippen molar-refractivity contribution in [2.45, 2.75) is 19.8 Å². The molecule has 150 valence electrons. The van der Waals surface area contributed by atoms with Gasteiger partial charge in [0.2, 0.25) is 11.7 Å². The maximum Gasteiger partial charge on any atom is 0.256 e. The predicted octanol–water partition coefficient (Wildman–Crippen LogP) is 3.36. The highest BCUT2D eigenvalue weighted by atomic mass is 19.1. The van der Waals surface area contributed by atoms with Crippen molar-refractivity contribution in [2.75, 3.05) is 31.1 Å². The number of benzene rings is 1. The molecule has 7 nitrogen and oxygen atoms in total. The maximum atomic E-state index is 13.9. The first-order valence-corrected chi connectivity index (χ1v) is 9.61. The highest BCUT2D eigenvalue weighted by molar-refractivity contribution is 5.94. The number of nitrogens with zero attached hydrogens (tertiary/aromatic N) is 5. The van der Waals surface area contributed by atoms with E-state index in [4.69, 9.17) is 4.52 Å². The average molecular weight is 395 g/mol. The molecule has 0 spiro atoms. The molecule has 0 unspecified atom stereocenters. The smallest absolute Gasteiger partial charge is 0.256 e. The lowest BCUT2D eigenvalue weighted by atomic mass is 10.1. The summed E-state index contributed by atoms with van der Waals surface area (Å²) in [6, 6.07) is 9.91. The van der Waals surface area contributed by atoms with Crippen LogP contribution in [0, 0.1) is 5.82 Å². The number of amides is 1. The number of carbonyl (C=O) groups excluding carboxylic acids is 1. The summed E-state index contributed by atoms with van der Waals surface area (Å²) in [7, 11) is 0. The number of piperazine rings is 1. The van der Waals surface area contributed by atoms with E-state index in [1.54, 1.807) is 23.2 Å². The van der Waals surface area contributed by atoms with Crippen molar-refractivity contribution in [3.63, 3.8) is 0 Å². The SMILES string of the molecule is CC(C)c1nc(-c2ccc(N3CCN(C(=O)c4ccccc4F)CC3)nc2)no1. The van der Waals surface area contributed by atoms with Crippen molar-refractivity contribution in [1.29, 1.82) is 0 Å². The third-order valence-electron chi connectivity index (χ3n) is 4.94. The van der Waals surface area contributed by atoms with Gasteiger partial charge < -0.3 is 14.3 Å². The van der Waals surface area contributed by atoms with Gasteiger partial charge in [-0.2, -0.15) is 4.98 Å². The van der Waals surface area contributed by atoms with Gasteiger partial charge in [-0.05, 0) is 24.3 Å². The summed E-state index contributed by atoms with van der Waals surface area (Å²) in [6.07, 6.45) is 1.72. The molecule has 1 aliphatic heterocycles. The van der Waals surface area contributed by atoms with E-state index in [9.17, 15) is 9.18 Å². The molecule has 1 amide bonds. The Labute approximate surface area is 168 Å². The zero-order chi connectivity index (χ0) is 20.4. The van der Waals surface area contributed by atoms with Crippen LogP contribution < -0.4 is 4.90 Å². The normalized spacial score (nSPS) is 14.5. The lowest BCUT2D eigenvalue weighted by Gasteiger charge is -2.35. The number of aromatic nitrogens is 3. The Morgan fingerprint density at radius 2 is 1.86 bits per heavy atom. The minimum absolute atomic E-state index is 0.115. The Morgan fingerprint density at radius 1 is 1.10 bits per heavy atom. The van der Waals surface area contributed by atoms with Crippen molar-refractivity contribution < 1.29 is 13.7 Å². The van der Waals surface area contributed by atoms with E-state index in [0.717, 1.165) is 11.4 Å². The van der Waals surface area contributed by atoms with Gasteiger partial charge in [-0.15, -0.1) is 0 Å². The molecule has 1 aromatic carbocycles. The molecule has 1 aliphatic rings. The molecule has 29 heavy (non-hydrogen) atoms. The fourth-order valence-corrected chi connectivity index (χ4v) is 3.24. The summed E-state index contributed by atoms with van der Waals surface area (Å²) in [5.74, 6) is 1.35. The third-order valence-corrected chi connectivity index (χ3v) is 4.94. The van der Waals surface area contributed by atoms with Gasteiger partial charge in [0.1, 0.15) is 11.6 Å². The van der Waals surface area contributed by atoms with E-state index >= 15 is 0 Å². The highest BCUT2D eigenvalue weighted by Crippen LogP contribution is 2.22. The number of carbonyl (C=O) groups is 1. The summed E-state index contributed by atoms with van der Waals surface area (Å²) >= 11 is 0. The number of hydrogen-bond acceptors (Lipinski definition) is 6. The standard InChI is InChI=1S/C21H22FN5O2/c1-14(2)20-24-19(25-29-20)15-7-8-18(23-13-15)26-9-11-27(12-10-26)21(28)16-5-3-4-6-17(16)22/h3-8,13-14H,9-12H2,1-2H3. The number of rotatable bonds is 4. The number of anilines is 1. The topological polar surface area (TPSA) is 75.4 Å². The van der Waals surface area contributed by atoms with Gasteiger partial charge in [0.05, 0.1) is 5.56 Å². The van der Waals surface area contributed by atoms with Crippen LogP contribution in [0.1, 0.15) is 36.0 Å². The molecule has 0 N–H and O–H groups in total. The molecule has 0 aliphatic carbocycles. The first-order chi connectivity index (χ1) is 14.0. The second-order valence-corrected chi connectivity index (χ2v) is 7.28. The zero-order valence-corrected chi connectivity index (χ0v) is 16.4. The van der Waals surface area contributed by atoms with Gasteiger partial charge in [0.25, 0.3) is 5.91 Å². The van der Waals surface area contributed by atoms with Crippen LogP contribution in [0.5, 0.6) is 0 Å². The van der Waals surface area contributed by atoms with Gasteiger partial charge in [0.15, 0.2) is 0 Å². The van der Waals surface area contributed by atoms with Crippen LogP contribution in [0.2, 0.25) is 0 Å². The van der Waals surface area contributed by atoms with Crippen LogP contribution >= 0.6 is 0 Å². The van der Waals surface area contributed by atoms with Gasteiger partial charge >= 0.3 is 0 Å². The fourth-order valence-electron chi connectivity index (χ4n) is 3.24. The van der Waals surface area contributed by atoms with Crippen molar-refractivity contribution in [1.82, 2.24) is 20.0 Å². The largest absolute Gasteiger partial charge is 0.353 e. The van der Waals surface area contributed by atoms with E-state index in [1.165, 1.54) is 12.1 Å². The fraction of sp³-hybridized carbons (Fsp3) is 0.333. The molecule has 1 fully saturated rings. The lowest BCUT2D eigenvalue weighted by molar-refractivity contribution is 0.0742. The predicted molar refractivity (Wildman–Crippen MR) is 106 cm³/mol. The molecule has 3 aromatic rings. The zero-order valence-electron chi connectivity index (χ0n) is 16.4. The van der Waals surface area contributed by atoms with E-state index in [1.807, 2.05) is 26.0 Å². The summed E-state index contributed by atoms with van der Waals surface area (Å²) < 4.78 is 19.1. The summed E-state index contributed by atoms with van der Waals surface area (Å²) in [5, 5.41) is 4.00. The Morgan fingerprint density at radius 3 is 2.48 bits per heavy atom. The van der Waals surface area contributed by atoms with Crippen molar-refractivity contribution >= 4 is 11.7 Å². The monoisotopic (exact) mass is 395 g/mol. The molecule has 0 radical (unpaired) electrons. The summed E-state index contributed by atoms with van der Waals surface area (Å²) in [5.41, 5.74) is 0.905. The molecular weight excluding hydrogens is 373 g/mol. The summed E-state index contributed by atoms with van der Waals surface area (Å²) in [6.45, 7) is 6.28. The van der Waals surface area contributed by atoms with Crippen molar-refractivity contribution in [3.8, 4) is 11.4 Å². The van der Waals surface area contributed by atoms with Crippen LogP contribution in [0.4, 0.5) is 10.2 Å². The minimum atomic E-state index is -0.487. The first kappa shape index (κ1) is 19.0. The van der Waals surface area contributed by atoms with Crippen LogP contribution in [0.15, 0.2) is 47.1 Å².